The summed E-state index contributed by atoms with van der Waals surface area (Å²) in [5.41, 5.74) is 3.01. The van der Waals surface area contributed by atoms with E-state index in [1.165, 1.54) is 0 Å². The number of aromatic nitrogens is 1. The molecule has 31 heavy (non-hydrogen) atoms. The molecule has 156 valence electrons. The van der Waals surface area contributed by atoms with Gasteiger partial charge >= 0.3 is 5.97 Å². The average molecular weight is 414 g/mol. The van der Waals surface area contributed by atoms with E-state index in [1.54, 1.807) is 7.11 Å². The number of nitrogens with one attached hydrogen (secondary N) is 1. The Morgan fingerprint density at radius 1 is 0.935 bits per heavy atom. The predicted octanol–water partition coefficient (Wildman–Crippen LogP) is 4.64. The molecule has 0 radical (unpaired) electrons. The molecule has 0 bridgehead atoms. The number of carbonyl (C=O) groups excluding carboxylic acids is 2. The maximum Gasteiger partial charge on any atom is 0.340 e. The van der Waals surface area contributed by atoms with Gasteiger partial charge < -0.3 is 14.8 Å². The molecule has 1 aromatic heterocycles. The Hall–Kier alpha value is -3.77. The molecule has 1 N–H and O–H groups in total. The largest absolute Gasteiger partial charge is 0.452 e. The minimum absolute atomic E-state index is 0.165. The molecule has 1 amide bonds. The van der Waals surface area contributed by atoms with Gasteiger partial charge in [-0.25, -0.2) is 9.78 Å². The van der Waals surface area contributed by atoms with Gasteiger partial charge in [-0.3, -0.25) is 4.79 Å². The maximum atomic E-state index is 12.9. The van der Waals surface area contributed by atoms with Crippen molar-refractivity contribution >= 4 is 39.2 Å². The van der Waals surface area contributed by atoms with Gasteiger partial charge in [-0.15, -0.1) is 0 Å². The number of hydrogen-bond acceptors (Lipinski definition) is 5. The smallest absolute Gasteiger partial charge is 0.340 e. The minimum atomic E-state index is -0.601. The molecule has 0 spiro atoms. The number of esters is 1. The van der Waals surface area contributed by atoms with E-state index in [0.717, 1.165) is 27.2 Å². The molecule has 0 unspecified atom stereocenters. The van der Waals surface area contributed by atoms with Crippen LogP contribution in [0.15, 0.2) is 66.7 Å². The second-order valence-electron chi connectivity index (χ2n) is 7.16. The summed E-state index contributed by atoms with van der Waals surface area (Å²) in [6.45, 7) is 1.61. The van der Waals surface area contributed by atoms with Crippen LogP contribution in [0.25, 0.3) is 21.7 Å². The van der Waals surface area contributed by atoms with Gasteiger partial charge in [0, 0.05) is 23.6 Å². The van der Waals surface area contributed by atoms with Crippen LogP contribution in [0.4, 0.5) is 5.69 Å². The van der Waals surface area contributed by atoms with Crippen LogP contribution < -0.4 is 5.32 Å². The van der Waals surface area contributed by atoms with Gasteiger partial charge in [0.2, 0.25) is 0 Å². The Balaban J connectivity index is 1.53. The van der Waals surface area contributed by atoms with E-state index in [9.17, 15) is 9.59 Å². The number of hydrogen-bond donors (Lipinski definition) is 1. The lowest BCUT2D eigenvalue weighted by Gasteiger charge is -2.14. The topological polar surface area (TPSA) is 77.5 Å². The number of benzene rings is 3. The number of anilines is 1. The van der Waals surface area contributed by atoms with Crippen molar-refractivity contribution in [2.75, 3.05) is 19.0 Å². The van der Waals surface area contributed by atoms with Crippen LogP contribution in [0.1, 0.15) is 21.6 Å². The van der Waals surface area contributed by atoms with Crippen molar-refractivity contribution in [2.45, 2.75) is 13.5 Å². The van der Waals surface area contributed by atoms with Gasteiger partial charge in [0.05, 0.1) is 23.4 Å². The third-order valence-electron chi connectivity index (χ3n) is 5.11. The molecular formula is C25H22N2O4. The van der Waals surface area contributed by atoms with Gasteiger partial charge in [-0.2, -0.15) is 0 Å². The highest BCUT2D eigenvalue weighted by atomic mass is 16.5. The molecule has 4 aromatic rings. The molecule has 4 rings (SSSR count). The number of carbonyl (C=O) groups is 2. The standard InChI is InChI=1S/C25H22N2O4/c1-16-18-10-5-6-12-20(18)26-22(14-30-2)24(16)25(29)31-15-23(28)27-21-13-7-9-17-8-3-4-11-19(17)21/h3-13H,14-15H2,1-2H3,(H,27,28). The fraction of sp³-hybridized carbons (Fsp3) is 0.160. The lowest BCUT2D eigenvalue weighted by Crippen LogP contribution is -2.22. The first-order valence-corrected chi connectivity index (χ1v) is 9.90. The van der Waals surface area contributed by atoms with E-state index >= 15 is 0 Å². The van der Waals surface area contributed by atoms with Gasteiger partial charge in [0.25, 0.3) is 5.91 Å². The zero-order valence-electron chi connectivity index (χ0n) is 17.3. The summed E-state index contributed by atoms with van der Waals surface area (Å²) >= 11 is 0. The van der Waals surface area contributed by atoms with Crippen molar-refractivity contribution in [1.82, 2.24) is 4.98 Å². The number of nitrogens with zero attached hydrogens (tertiary/aromatic N) is 1. The Kier molecular flexibility index (Phi) is 5.91. The summed E-state index contributed by atoms with van der Waals surface area (Å²) in [5, 5.41) is 5.61. The summed E-state index contributed by atoms with van der Waals surface area (Å²) in [4.78, 5) is 29.9. The van der Waals surface area contributed by atoms with Crippen molar-refractivity contribution in [2.24, 2.45) is 0 Å². The molecule has 0 fully saturated rings. The summed E-state index contributed by atoms with van der Waals surface area (Å²) < 4.78 is 10.6. The Labute approximate surface area is 179 Å². The van der Waals surface area contributed by atoms with Crippen molar-refractivity contribution < 1.29 is 19.1 Å². The first-order valence-electron chi connectivity index (χ1n) is 9.90. The van der Waals surface area contributed by atoms with Gasteiger partial charge in [0.15, 0.2) is 6.61 Å². The van der Waals surface area contributed by atoms with E-state index in [0.29, 0.717) is 16.9 Å². The second kappa shape index (κ2) is 8.93. The molecule has 6 nitrogen and oxygen atoms in total. The van der Waals surface area contributed by atoms with Crippen LogP contribution >= 0.6 is 0 Å². The average Bonchev–Trinajstić information content (AvgIpc) is 2.78. The lowest BCUT2D eigenvalue weighted by atomic mass is 10.0. The molecule has 0 aliphatic heterocycles. The van der Waals surface area contributed by atoms with Gasteiger partial charge in [0.1, 0.15) is 0 Å². The van der Waals surface area contributed by atoms with Crippen LogP contribution in [0.3, 0.4) is 0 Å². The first-order chi connectivity index (χ1) is 15.1. The Bertz CT molecular complexity index is 1280. The van der Waals surface area contributed by atoms with Crippen molar-refractivity contribution in [3.8, 4) is 0 Å². The number of aryl methyl sites for hydroxylation is 1. The molecule has 6 heteroatoms. The fourth-order valence-corrected chi connectivity index (χ4v) is 3.68. The highest BCUT2D eigenvalue weighted by Gasteiger charge is 2.21. The number of fused-ring (bicyclic) bond motifs is 2. The third kappa shape index (κ3) is 4.25. The Morgan fingerprint density at radius 3 is 2.45 bits per heavy atom. The quantitative estimate of drug-likeness (QED) is 0.465. The van der Waals surface area contributed by atoms with Crippen LogP contribution in [-0.4, -0.2) is 30.6 Å². The molecule has 0 aliphatic carbocycles. The Morgan fingerprint density at radius 2 is 1.65 bits per heavy atom. The third-order valence-corrected chi connectivity index (χ3v) is 5.11. The molecule has 0 saturated heterocycles. The number of ether oxygens (including phenoxy) is 2. The van der Waals surface area contributed by atoms with Gasteiger partial charge in [-0.05, 0) is 30.0 Å². The van der Waals surface area contributed by atoms with E-state index in [4.69, 9.17) is 9.47 Å². The maximum absolute atomic E-state index is 12.9. The molecule has 0 atom stereocenters. The van der Waals surface area contributed by atoms with E-state index in [-0.39, 0.29) is 6.61 Å². The van der Waals surface area contributed by atoms with E-state index < -0.39 is 18.5 Å². The molecule has 0 saturated carbocycles. The zero-order chi connectivity index (χ0) is 21.8. The number of para-hydroxylation sites is 1. The summed E-state index contributed by atoms with van der Waals surface area (Å²) in [6, 6.07) is 21.0. The summed E-state index contributed by atoms with van der Waals surface area (Å²) in [7, 11) is 1.54. The van der Waals surface area contributed by atoms with Crippen LogP contribution in [0.2, 0.25) is 0 Å². The second-order valence-corrected chi connectivity index (χ2v) is 7.16. The fourth-order valence-electron chi connectivity index (χ4n) is 3.68. The zero-order valence-corrected chi connectivity index (χ0v) is 17.3. The summed E-state index contributed by atoms with van der Waals surface area (Å²) in [5.74, 6) is -1.01. The first kappa shape index (κ1) is 20.5. The van der Waals surface area contributed by atoms with Crippen LogP contribution in [0.5, 0.6) is 0 Å². The van der Waals surface area contributed by atoms with Crippen LogP contribution in [0, 0.1) is 6.92 Å². The molecule has 0 aliphatic rings. The highest BCUT2D eigenvalue weighted by molar-refractivity contribution is 6.04. The van der Waals surface area contributed by atoms with E-state index in [2.05, 4.69) is 10.3 Å². The van der Waals surface area contributed by atoms with E-state index in [1.807, 2.05) is 73.7 Å². The van der Waals surface area contributed by atoms with Crippen molar-refractivity contribution in [3.05, 3.63) is 83.6 Å². The predicted molar refractivity (Wildman–Crippen MR) is 120 cm³/mol. The highest BCUT2D eigenvalue weighted by Crippen LogP contribution is 2.25. The van der Waals surface area contributed by atoms with Crippen molar-refractivity contribution in [1.29, 1.82) is 0 Å². The molecule has 1 heterocycles. The SMILES string of the molecule is COCc1nc2ccccc2c(C)c1C(=O)OCC(=O)Nc1cccc2ccccc12. The monoisotopic (exact) mass is 414 g/mol. The van der Waals surface area contributed by atoms with Crippen LogP contribution in [-0.2, 0) is 20.9 Å². The number of rotatable bonds is 6. The summed E-state index contributed by atoms with van der Waals surface area (Å²) in [6.07, 6.45) is 0. The van der Waals surface area contributed by atoms with Crippen molar-refractivity contribution in [3.63, 3.8) is 0 Å². The van der Waals surface area contributed by atoms with Gasteiger partial charge in [-0.1, -0.05) is 54.6 Å². The number of methoxy groups -OCH3 is 1. The minimum Gasteiger partial charge on any atom is -0.452 e. The number of pyridine rings is 1. The lowest BCUT2D eigenvalue weighted by molar-refractivity contribution is -0.119. The molecular weight excluding hydrogens is 392 g/mol. The normalized spacial score (nSPS) is 10.9. The molecule has 3 aromatic carbocycles. The number of amides is 1.